The Balaban J connectivity index is 1.77. The average Bonchev–Trinajstić information content (AvgIpc) is 3.25. The number of aromatic nitrogens is 2. The molecule has 0 saturated carbocycles. The van der Waals surface area contributed by atoms with E-state index in [9.17, 15) is 8.42 Å². The minimum absolute atomic E-state index is 0.0580. The van der Waals surface area contributed by atoms with Crippen molar-refractivity contribution >= 4 is 33.0 Å². The van der Waals surface area contributed by atoms with Crippen LogP contribution in [0.15, 0.2) is 78.0 Å². The summed E-state index contributed by atoms with van der Waals surface area (Å²) in [6.45, 7) is 3.59. The van der Waals surface area contributed by atoms with Crippen LogP contribution >= 0.6 is 23.2 Å². The Morgan fingerprint density at radius 1 is 0.935 bits per heavy atom. The molecule has 0 aliphatic rings. The molecule has 7 heteroatoms. The molecular formula is C24H20Cl2N2O2S. The van der Waals surface area contributed by atoms with Crippen LogP contribution in [0.4, 0.5) is 0 Å². The summed E-state index contributed by atoms with van der Waals surface area (Å²) in [5.41, 5.74) is 4.27. The highest BCUT2D eigenvalue weighted by Crippen LogP contribution is 2.33. The Labute approximate surface area is 192 Å². The number of nitrogens with zero attached hydrogens (tertiary/aromatic N) is 2. The lowest BCUT2D eigenvalue weighted by Crippen LogP contribution is -2.03. The maximum atomic E-state index is 12.2. The van der Waals surface area contributed by atoms with Crippen molar-refractivity contribution in [1.29, 1.82) is 0 Å². The quantitative estimate of drug-likeness (QED) is 0.329. The first-order valence-electron chi connectivity index (χ1n) is 9.74. The van der Waals surface area contributed by atoms with Gasteiger partial charge in [0.1, 0.15) is 5.82 Å². The Morgan fingerprint density at radius 2 is 1.68 bits per heavy atom. The van der Waals surface area contributed by atoms with Crippen molar-refractivity contribution < 1.29 is 8.42 Å². The van der Waals surface area contributed by atoms with Crippen LogP contribution in [0.25, 0.3) is 28.2 Å². The van der Waals surface area contributed by atoms with Gasteiger partial charge in [-0.15, -0.1) is 0 Å². The zero-order chi connectivity index (χ0) is 22.2. The highest BCUT2D eigenvalue weighted by molar-refractivity contribution is 7.91. The van der Waals surface area contributed by atoms with Crippen LogP contribution in [-0.2, 0) is 9.84 Å². The monoisotopic (exact) mass is 470 g/mol. The fraction of sp³-hybridized carbons (Fsp3) is 0.125. The lowest BCUT2D eigenvalue weighted by atomic mass is 10.0. The van der Waals surface area contributed by atoms with Gasteiger partial charge in [-0.05, 0) is 53.9 Å². The molecule has 0 spiro atoms. The maximum Gasteiger partial charge on any atom is 0.178 e. The van der Waals surface area contributed by atoms with Gasteiger partial charge in [0, 0.05) is 23.0 Å². The Hall–Kier alpha value is -2.60. The standard InChI is InChI=1S/C24H20Cl2N2O2S/c1-3-31(29,30)19-7-4-6-17(14-19)18-10-11-23(22(26)15-18)28-13-12-27-24(28)20-8-5-9-21(25)16(20)2/h4-15H,3H2,1-2H3. The molecule has 0 unspecified atom stereocenters. The molecule has 0 atom stereocenters. The largest absolute Gasteiger partial charge is 0.298 e. The van der Waals surface area contributed by atoms with Crippen molar-refractivity contribution in [2.45, 2.75) is 18.7 Å². The molecule has 4 aromatic rings. The van der Waals surface area contributed by atoms with Crippen LogP contribution in [0.5, 0.6) is 0 Å². The van der Waals surface area contributed by atoms with E-state index in [4.69, 9.17) is 23.2 Å². The third-order valence-electron chi connectivity index (χ3n) is 5.26. The molecule has 158 valence electrons. The zero-order valence-corrected chi connectivity index (χ0v) is 19.3. The predicted octanol–water partition coefficient (Wildman–Crippen LogP) is 6.62. The molecule has 3 aromatic carbocycles. The van der Waals surface area contributed by atoms with E-state index in [0.717, 1.165) is 33.8 Å². The van der Waals surface area contributed by atoms with Gasteiger partial charge in [0.05, 0.1) is 21.4 Å². The second-order valence-corrected chi connectivity index (χ2v) is 10.2. The first-order valence-corrected chi connectivity index (χ1v) is 12.1. The lowest BCUT2D eigenvalue weighted by molar-refractivity contribution is 0.597. The highest BCUT2D eigenvalue weighted by Gasteiger charge is 2.16. The summed E-state index contributed by atoms with van der Waals surface area (Å²) in [5, 5.41) is 1.20. The van der Waals surface area contributed by atoms with Crippen molar-refractivity contribution in [2.75, 3.05) is 5.75 Å². The van der Waals surface area contributed by atoms with Gasteiger partial charge < -0.3 is 0 Å². The SMILES string of the molecule is CCS(=O)(=O)c1cccc(-c2ccc(-n3ccnc3-c3cccc(Cl)c3C)c(Cl)c2)c1. The number of imidazole rings is 1. The molecule has 4 nitrogen and oxygen atoms in total. The summed E-state index contributed by atoms with van der Waals surface area (Å²) in [7, 11) is -3.28. The average molecular weight is 471 g/mol. The van der Waals surface area contributed by atoms with E-state index in [0.29, 0.717) is 14.9 Å². The third-order valence-corrected chi connectivity index (χ3v) is 7.71. The van der Waals surface area contributed by atoms with Gasteiger partial charge in [-0.25, -0.2) is 13.4 Å². The van der Waals surface area contributed by atoms with Gasteiger partial charge in [-0.3, -0.25) is 4.57 Å². The van der Waals surface area contributed by atoms with Gasteiger partial charge in [0.2, 0.25) is 0 Å². The van der Waals surface area contributed by atoms with Gasteiger partial charge in [0.25, 0.3) is 0 Å². The van der Waals surface area contributed by atoms with Gasteiger partial charge in [-0.2, -0.15) is 0 Å². The van der Waals surface area contributed by atoms with Crippen LogP contribution in [0, 0.1) is 6.92 Å². The van der Waals surface area contributed by atoms with E-state index >= 15 is 0 Å². The van der Waals surface area contributed by atoms with Gasteiger partial charge >= 0.3 is 0 Å². The lowest BCUT2D eigenvalue weighted by Gasteiger charge is -2.14. The van der Waals surface area contributed by atoms with E-state index in [-0.39, 0.29) is 5.75 Å². The predicted molar refractivity (Wildman–Crippen MR) is 127 cm³/mol. The van der Waals surface area contributed by atoms with E-state index in [1.165, 1.54) is 0 Å². The Bertz CT molecular complexity index is 1380. The molecule has 0 aliphatic heterocycles. The van der Waals surface area contributed by atoms with Crippen molar-refractivity contribution in [1.82, 2.24) is 9.55 Å². The summed E-state index contributed by atoms with van der Waals surface area (Å²) >= 11 is 13.0. The summed E-state index contributed by atoms with van der Waals surface area (Å²) in [6, 6.07) is 18.3. The first kappa shape index (κ1) is 21.6. The Morgan fingerprint density at radius 3 is 2.42 bits per heavy atom. The minimum Gasteiger partial charge on any atom is -0.298 e. The summed E-state index contributed by atoms with van der Waals surface area (Å²) in [5.74, 6) is 0.799. The van der Waals surface area contributed by atoms with Crippen molar-refractivity contribution in [2.24, 2.45) is 0 Å². The first-order chi connectivity index (χ1) is 14.8. The molecular weight excluding hydrogens is 451 g/mol. The highest BCUT2D eigenvalue weighted by atomic mass is 35.5. The number of benzene rings is 3. The van der Waals surface area contributed by atoms with Gasteiger partial charge in [0.15, 0.2) is 9.84 Å². The summed E-state index contributed by atoms with van der Waals surface area (Å²) in [4.78, 5) is 4.82. The molecule has 31 heavy (non-hydrogen) atoms. The minimum atomic E-state index is -3.28. The van der Waals surface area contributed by atoms with Crippen LogP contribution in [-0.4, -0.2) is 23.7 Å². The number of sulfone groups is 1. The fourth-order valence-electron chi connectivity index (χ4n) is 3.46. The summed E-state index contributed by atoms with van der Waals surface area (Å²) < 4.78 is 26.4. The molecule has 0 amide bonds. The van der Waals surface area contributed by atoms with E-state index in [1.807, 2.05) is 60.2 Å². The van der Waals surface area contributed by atoms with Crippen LogP contribution in [0.3, 0.4) is 0 Å². The Kier molecular flexibility index (Phi) is 5.93. The molecule has 0 saturated heterocycles. The van der Waals surface area contributed by atoms with Crippen LogP contribution in [0.2, 0.25) is 10.0 Å². The molecule has 0 aliphatic carbocycles. The molecule has 0 fully saturated rings. The van der Waals surface area contributed by atoms with Crippen molar-refractivity contribution in [3.05, 3.63) is 88.7 Å². The topological polar surface area (TPSA) is 52.0 Å². The molecule has 0 radical (unpaired) electrons. The smallest absolute Gasteiger partial charge is 0.178 e. The van der Waals surface area contributed by atoms with E-state index in [2.05, 4.69) is 4.98 Å². The zero-order valence-electron chi connectivity index (χ0n) is 17.0. The van der Waals surface area contributed by atoms with Gasteiger partial charge in [-0.1, -0.05) is 60.5 Å². The molecule has 0 bridgehead atoms. The second kappa shape index (κ2) is 8.50. The normalized spacial score (nSPS) is 11.6. The van der Waals surface area contributed by atoms with Crippen molar-refractivity contribution in [3.8, 4) is 28.2 Å². The summed E-state index contributed by atoms with van der Waals surface area (Å²) in [6.07, 6.45) is 3.57. The molecule has 0 N–H and O–H groups in total. The number of halogens is 2. The van der Waals surface area contributed by atoms with Crippen molar-refractivity contribution in [3.63, 3.8) is 0 Å². The maximum absolute atomic E-state index is 12.2. The number of hydrogen-bond donors (Lipinski definition) is 0. The number of rotatable bonds is 5. The van der Waals surface area contributed by atoms with E-state index in [1.54, 1.807) is 31.3 Å². The molecule has 1 heterocycles. The number of hydrogen-bond acceptors (Lipinski definition) is 3. The van der Waals surface area contributed by atoms with Crippen LogP contribution in [0.1, 0.15) is 12.5 Å². The third kappa shape index (κ3) is 4.13. The molecule has 1 aromatic heterocycles. The molecule has 4 rings (SSSR count). The fourth-order valence-corrected chi connectivity index (χ4v) is 4.84. The van der Waals surface area contributed by atoms with Crippen LogP contribution < -0.4 is 0 Å². The second-order valence-electron chi connectivity index (χ2n) is 7.13. The van der Waals surface area contributed by atoms with E-state index < -0.39 is 9.84 Å².